The van der Waals surface area contributed by atoms with E-state index in [-0.39, 0.29) is 18.4 Å². The first kappa shape index (κ1) is 17.7. The van der Waals surface area contributed by atoms with E-state index in [0.29, 0.717) is 17.6 Å². The van der Waals surface area contributed by atoms with E-state index < -0.39 is 0 Å². The van der Waals surface area contributed by atoms with E-state index in [1.54, 1.807) is 0 Å². The standard InChI is InChI=1S/C15H22NO2.ClH/c1-4-5-11-16(2,3)12-15(17)18-13-14-9-7-6-8-10-14;/h4-10H,11-13H2,1-3H3;1H/q+1;/p-1. The summed E-state index contributed by atoms with van der Waals surface area (Å²) >= 11 is 0. The highest BCUT2D eigenvalue weighted by Gasteiger charge is 2.19. The molecule has 1 aromatic carbocycles. The second-order valence-corrected chi connectivity index (χ2v) is 4.99. The summed E-state index contributed by atoms with van der Waals surface area (Å²) in [6.07, 6.45) is 4.06. The number of quaternary nitrogens is 1. The predicted octanol–water partition coefficient (Wildman–Crippen LogP) is -0.614. The third-order valence-corrected chi connectivity index (χ3v) is 2.64. The molecule has 106 valence electrons. The lowest BCUT2D eigenvalue weighted by atomic mass is 10.2. The van der Waals surface area contributed by atoms with Crippen molar-refractivity contribution in [2.75, 3.05) is 27.2 Å². The van der Waals surface area contributed by atoms with Gasteiger partial charge in [0.25, 0.3) is 0 Å². The summed E-state index contributed by atoms with van der Waals surface area (Å²) < 4.78 is 5.87. The Balaban J connectivity index is 0.00000324. The second-order valence-electron chi connectivity index (χ2n) is 4.99. The molecule has 1 aromatic rings. The molecule has 0 spiro atoms. The lowest BCUT2D eigenvalue weighted by molar-refractivity contribution is -0.877. The van der Waals surface area contributed by atoms with Gasteiger partial charge in [-0.3, -0.25) is 0 Å². The van der Waals surface area contributed by atoms with Gasteiger partial charge in [0.05, 0.1) is 20.6 Å². The molecular formula is C15H22ClNO2. The molecule has 0 aromatic heterocycles. The summed E-state index contributed by atoms with van der Waals surface area (Å²) in [6.45, 7) is 3.55. The average molecular weight is 284 g/mol. The van der Waals surface area contributed by atoms with Crippen molar-refractivity contribution in [2.45, 2.75) is 13.5 Å². The molecule has 0 fully saturated rings. The van der Waals surface area contributed by atoms with E-state index in [1.807, 2.05) is 57.4 Å². The monoisotopic (exact) mass is 283 g/mol. The van der Waals surface area contributed by atoms with E-state index in [2.05, 4.69) is 6.08 Å². The lowest BCUT2D eigenvalue weighted by Gasteiger charge is -2.27. The number of allylic oxidation sites excluding steroid dienone is 1. The summed E-state index contributed by atoms with van der Waals surface area (Å²) in [5.74, 6) is -0.159. The SMILES string of the molecule is CC=CC[N+](C)(C)CC(=O)OCc1ccccc1.[Cl-]. The maximum Gasteiger partial charge on any atom is 0.362 e. The number of benzene rings is 1. The minimum Gasteiger partial charge on any atom is -1.00 e. The van der Waals surface area contributed by atoms with Crippen molar-refractivity contribution >= 4 is 5.97 Å². The number of esters is 1. The molecule has 1 rings (SSSR count). The number of likely N-dealkylation sites (N-methyl/N-ethyl adjacent to an activating group) is 1. The minimum absolute atomic E-state index is 0. The molecule has 4 heteroatoms. The fourth-order valence-corrected chi connectivity index (χ4v) is 1.59. The Kier molecular flexibility index (Phi) is 8.12. The third-order valence-electron chi connectivity index (χ3n) is 2.64. The molecule has 0 saturated carbocycles. The first-order valence-corrected chi connectivity index (χ1v) is 6.16. The molecule has 0 atom stereocenters. The van der Waals surface area contributed by atoms with Gasteiger partial charge in [-0.1, -0.05) is 36.4 Å². The van der Waals surface area contributed by atoms with E-state index in [4.69, 9.17) is 4.74 Å². The minimum atomic E-state index is -0.159. The molecule has 0 saturated heterocycles. The van der Waals surface area contributed by atoms with Crippen molar-refractivity contribution in [1.29, 1.82) is 0 Å². The van der Waals surface area contributed by atoms with E-state index in [9.17, 15) is 4.79 Å². The number of ether oxygens (including phenoxy) is 1. The number of hydrogen-bond acceptors (Lipinski definition) is 2. The van der Waals surface area contributed by atoms with Crippen molar-refractivity contribution in [3.63, 3.8) is 0 Å². The van der Waals surface area contributed by atoms with Crippen molar-refractivity contribution in [1.82, 2.24) is 0 Å². The molecule has 0 aliphatic heterocycles. The average Bonchev–Trinajstić information content (AvgIpc) is 2.35. The topological polar surface area (TPSA) is 26.3 Å². The van der Waals surface area contributed by atoms with Crippen LogP contribution in [0.4, 0.5) is 0 Å². The van der Waals surface area contributed by atoms with Crippen LogP contribution in [0.3, 0.4) is 0 Å². The number of hydrogen-bond donors (Lipinski definition) is 0. The number of halogens is 1. The summed E-state index contributed by atoms with van der Waals surface area (Å²) in [4.78, 5) is 11.7. The molecule has 0 aliphatic rings. The Morgan fingerprint density at radius 1 is 1.26 bits per heavy atom. The maximum atomic E-state index is 11.7. The molecule has 0 heterocycles. The van der Waals surface area contributed by atoms with Crippen LogP contribution in [0.1, 0.15) is 12.5 Å². The Hall–Kier alpha value is -1.32. The summed E-state index contributed by atoms with van der Waals surface area (Å²) in [7, 11) is 4.04. The van der Waals surface area contributed by atoms with Gasteiger partial charge >= 0.3 is 5.97 Å². The molecule has 0 N–H and O–H groups in total. The van der Waals surface area contributed by atoms with Crippen molar-refractivity contribution < 1.29 is 26.4 Å². The van der Waals surface area contributed by atoms with Crippen LogP contribution in [0.25, 0.3) is 0 Å². The zero-order chi connectivity index (χ0) is 13.4. The van der Waals surface area contributed by atoms with E-state index in [1.165, 1.54) is 0 Å². The first-order valence-electron chi connectivity index (χ1n) is 6.16. The van der Waals surface area contributed by atoms with Crippen LogP contribution in [-0.2, 0) is 16.1 Å². The number of carbonyl (C=O) groups is 1. The van der Waals surface area contributed by atoms with E-state index in [0.717, 1.165) is 12.1 Å². The van der Waals surface area contributed by atoms with Gasteiger partial charge in [-0.15, -0.1) is 0 Å². The van der Waals surface area contributed by atoms with Crippen LogP contribution < -0.4 is 12.4 Å². The molecule has 0 amide bonds. The van der Waals surface area contributed by atoms with Gasteiger partial charge in [0.1, 0.15) is 6.61 Å². The van der Waals surface area contributed by atoms with Crippen molar-refractivity contribution in [3.8, 4) is 0 Å². The number of nitrogens with zero attached hydrogens (tertiary/aromatic N) is 1. The quantitative estimate of drug-likeness (QED) is 0.395. The Bertz CT molecular complexity index is 402. The fraction of sp³-hybridized carbons (Fsp3) is 0.400. The Morgan fingerprint density at radius 3 is 2.47 bits per heavy atom. The molecule has 19 heavy (non-hydrogen) atoms. The van der Waals surface area contributed by atoms with Gasteiger partial charge in [-0.25, -0.2) is 4.79 Å². The largest absolute Gasteiger partial charge is 1.00 e. The van der Waals surface area contributed by atoms with Gasteiger partial charge in [0.15, 0.2) is 6.54 Å². The normalized spacial score (nSPS) is 11.1. The first-order chi connectivity index (χ1) is 8.53. The second kappa shape index (κ2) is 8.73. The smallest absolute Gasteiger partial charge is 0.362 e. The highest BCUT2D eigenvalue weighted by atomic mass is 35.5. The van der Waals surface area contributed by atoms with Gasteiger partial charge in [0.2, 0.25) is 0 Å². The maximum absolute atomic E-state index is 11.7. The van der Waals surface area contributed by atoms with Gasteiger partial charge in [0, 0.05) is 0 Å². The number of carbonyl (C=O) groups excluding carboxylic acids is 1. The molecule has 3 nitrogen and oxygen atoms in total. The lowest BCUT2D eigenvalue weighted by Crippen LogP contribution is -3.00. The fourth-order valence-electron chi connectivity index (χ4n) is 1.59. The van der Waals surface area contributed by atoms with Crippen molar-refractivity contribution in [3.05, 3.63) is 48.0 Å². The zero-order valence-corrected chi connectivity index (χ0v) is 12.6. The molecule has 0 aliphatic carbocycles. The van der Waals surface area contributed by atoms with Crippen LogP contribution in [0, 0.1) is 0 Å². The molecule has 0 unspecified atom stereocenters. The van der Waals surface area contributed by atoms with Crippen LogP contribution in [0.15, 0.2) is 42.5 Å². The summed E-state index contributed by atoms with van der Waals surface area (Å²) in [5, 5.41) is 0. The molecule has 0 bridgehead atoms. The third kappa shape index (κ3) is 7.65. The summed E-state index contributed by atoms with van der Waals surface area (Å²) in [6, 6.07) is 9.73. The van der Waals surface area contributed by atoms with Crippen LogP contribution in [-0.4, -0.2) is 37.6 Å². The molecule has 0 radical (unpaired) electrons. The Morgan fingerprint density at radius 2 is 1.89 bits per heavy atom. The van der Waals surface area contributed by atoms with Gasteiger partial charge in [-0.2, -0.15) is 0 Å². The van der Waals surface area contributed by atoms with Crippen LogP contribution in [0.2, 0.25) is 0 Å². The predicted molar refractivity (Wildman–Crippen MR) is 72.9 cm³/mol. The van der Waals surface area contributed by atoms with Gasteiger partial charge in [-0.05, 0) is 18.6 Å². The highest BCUT2D eigenvalue weighted by molar-refractivity contribution is 5.70. The van der Waals surface area contributed by atoms with Crippen LogP contribution >= 0.6 is 0 Å². The van der Waals surface area contributed by atoms with Crippen LogP contribution in [0.5, 0.6) is 0 Å². The van der Waals surface area contributed by atoms with Gasteiger partial charge < -0.3 is 21.6 Å². The zero-order valence-electron chi connectivity index (χ0n) is 11.8. The Labute approximate surface area is 121 Å². The van der Waals surface area contributed by atoms with Crippen molar-refractivity contribution in [2.24, 2.45) is 0 Å². The number of rotatable bonds is 6. The van der Waals surface area contributed by atoms with E-state index >= 15 is 0 Å². The molecular weight excluding hydrogens is 262 g/mol. The highest BCUT2D eigenvalue weighted by Crippen LogP contribution is 2.03. The summed E-state index contributed by atoms with van der Waals surface area (Å²) in [5.41, 5.74) is 1.02.